The van der Waals surface area contributed by atoms with Gasteiger partial charge in [0.2, 0.25) is 11.7 Å². The van der Waals surface area contributed by atoms with E-state index in [9.17, 15) is 4.79 Å². The summed E-state index contributed by atoms with van der Waals surface area (Å²) < 4.78 is 5.81. The molecule has 0 bridgehead atoms. The Kier molecular flexibility index (Phi) is 6.54. The van der Waals surface area contributed by atoms with Crippen LogP contribution < -0.4 is 10.1 Å². The van der Waals surface area contributed by atoms with Crippen LogP contribution in [-0.4, -0.2) is 36.1 Å². The standard InChI is InChI=1S/C22H21N7O2/c30-20(9-5-15-29-27-21(26-28-29)18-6-2-1-3-7-18)25-22-19(8-4-12-24-22)31-16-17-10-13-23-14-11-17/h1-4,6-8,10-14H,5,9,15-16H2,(H,24,25,30). The first-order chi connectivity index (χ1) is 15.3. The van der Waals surface area contributed by atoms with E-state index >= 15 is 0 Å². The third-order valence-electron chi connectivity index (χ3n) is 4.42. The SMILES string of the molecule is O=C(CCCn1nnc(-c2ccccc2)n1)Nc1ncccc1OCc1ccncc1. The van der Waals surface area contributed by atoms with Crippen molar-refractivity contribution in [3.63, 3.8) is 0 Å². The zero-order valence-corrected chi connectivity index (χ0v) is 16.8. The van der Waals surface area contributed by atoms with Crippen LogP contribution in [0.3, 0.4) is 0 Å². The highest BCUT2D eigenvalue weighted by molar-refractivity contribution is 5.91. The van der Waals surface area contributed by atoms with Crippen molar-refractivity contribution in [2.45, 2.75) is 26.0 Å². The van der Waals surface area contributed by atoms with Crippen LogP contribution in [0.4, 0.5) is 5.82 Å². The number of anilines is 1. The van der Waals surface area contributed by atoms with E-state index < -0.39 is 0 Å². The van der Waals surface area contributed by atoms with Crippen molar-refractivity contribution in [1.29, 1.82) is 0 Å². The molecular formula is C22H21N7O2. The first-order valence-corrected chi connectivity index (χ1v) is 9.88. The molecule has 1 N–H and O–H groups in total. The maximum Gasteiger partial charge on any atom is 0.225 e. The maximum atomic E-state index is 12.4. The topological polar surface area (TPSA) is 108 Å². The number of hydrogen-bond acceptors (Lipinski definition) is 7. The van der Waals surface area contributed by atoms with E-state index in [1.54, 1.807) is 30.7 Å². The largest absolute Gasteiger partial charge is 0.485 e. The predicted octanol–water partition coefficient (Wildman–Crippen LogP) is 3.13. The molecule has 31 heavy (non-hydrogen) atoms. The number of carbonyl (C=O) groups is 1. The van der Waals surface area contributed by atoms with Gasteiger partial charge in [-0.25, -0.2) is 4.98 Å². The van der Waals surface area contributed by atoms with Gasteiger partial charge in [-0.1, -0.05) is 30.3 Å². The highest BCUT2D eigenvalue weighted by atomic mass is 16.5. The normalized spacial score (nSPS) is 10.6. The van der Waals surface area contributed by atoms with Gasteiger partial charge in [0.25, 0.3) is 0 Å². The monoisotopic (exact) mass is 415 g/mol. The van der Waals surface area contributed by atoms with E-state index in [1.165, 1.54) is 4.80 Å². The van der Waals surface area contributed by atoms with E-state index in [2.05, 4.69) is 30.7 Å². The number of nitrogens with one attached hydrogen (secondary N) is 1. The quantitative estimate of drug-likeness (QED) is 0.447. The van der Waals surface area contributed by atoms with Gasteiger partial charge < -0.3 is 10.1 Å². The van der Waals surface area contributed by atoms with Crippen molar-refractivity contribution in [2.24, 2.45) is 0 Å². The molecule has 0 aliphatic carbocycles. The van der Waals surface area contributed by atoms with E-state index in [-0.39, 0.29) is 5.91 Å². The lowest BCUT2D eigenvalue weighted by molar-refractivity contribution is -0.116. The molecule has 0 atom stereocenters. The summed E-state index contributed by atoms with van der Waals surface area (Å²) in [6.07, 6.45) is 5.88. The van der Waals surface area contributed by atoms with Gasteiger partial charge in [0.1, 0.15) is 6.61 Å². The Morgan fingerprint density at radius 1 is 1.00 bits per heavy atom. The van der Waals surface area contributed by atoms with Crippen LogP contribution in [0.25, 0.3) is 11.4 Å². The van der Waals surface area contributed by atoms with Gasteiger partial charge in [-0.15, -0.1) is 10.2 Å². The van der Waals surface area contributed by atoms with Crippen molar-refractivity contribution in [3.05, 3.63) is 78.8 Å². The number of aromatic nitrogens is 6. The second-order valence-electron chi connectivity index (χ2n) is 6.72. The van der Waals surface area contributed by atoms with E-state index in [4.69, 9.17) is 4.74 Å². The fraction of sp³-hybridized carbons (Fsp3) is 0.182. The van der Waals surface area contributed by atoms with E-state index in [0.29, 0.717) is 43.4 Å². The summed E-state index contributed by atoms with van der Waals surface area (Å²) in [5, 5.41) is 15.3. The Hall–Kier alpha value is -4.14. The summed E-state index contributed by atoms with van der Waals surface area (Å²) in [7, 11) is 0. The van der Waals surface area contributed by atoms with Crippen LogP contribution >= 0.6 is 0 Å². The number of pyridine rings is 2. The van der Waals surface area contributed by atoms with Crippen molar-refractivity contribution in [3.8, 4) is 17.1 Å². The zero-order chi connectivity index (χ0) is 21.3. The summed E-state index contributed by atoms with van der Waals surface area (Å²) in [6.45, 7) is 0.847. The van der Waals surface area contributed by atoms with Gasteiger partial charge in [0.15, 0.2) is 11.6 Å². The molecule has 1 aromatic carbocycles. The second-order valence-corrected chi connectivity index (χ2v) is 6.72. The van der Waals surface area contributed by atoms with Crippen molar-refractivity contribution < 1.29 is 9.53 Å². The van der Waals surface area contributed by atoms with E-state index in [1.807, 2.05) is 42.5 Å². The predicted molar refractivity (Wildman–Crippen MR) is 114 cm³/mol. The molecule has 0 fully saturated rings. The van der Waals surface area contributed by atoms with Gasteiger partial charge in [-0.05, 0) is 41.5 Å². The van der Waals surface area contributed by atoms with Gasteiger partial charge in [-0.3, -0.25) is 9.78 Å². The zero-order valence-electron chi connectivity index (χ0n) is 16.8. The molecule has 0 saturated heterocycles. The number of amides is 1. The number of tetrazole rings is 1. The molecule has 9 heteroatoms. The van der Waals surface area contributed by atoms with Crippen molar-refractivity contribution in [1.82, 2.24) is 30.2 Å². The highest BCUT2D eigenvalue weighted by Gasteiger charge is 2.10. The maximum absolute atomic E-state index is 12.4. The fourth-order valence-corrected chi connectivity index (χ4v) is 2.86. The molecule has 4 aromatic rings. The Labute approximate surface area is 179 Å². The summed E-state index contributed by atoms with van der Waals surface area (Å²) in [6, 6.07) is 16.9. The Morgan fingerprint density at radius 2 is 1.84 bits per heavy atom. The summed E-state index contributed by atoms with van der Waals surface area (Å²) in [5.41, 5.74) is 1.88. The Bertz CT molecular complexity index is 1120. The number of benzene rings is 1. The van der Waals surface area contributed by atoms with Gasteiger partial charge in [0, 0.05) is 30.6 Å². The van der Waals surface area contributed by atoms with Crippen LogP contribution in [0.5, 0.6) is 5.75 Å². The lowest BCUT2D eigenvalue weighted by atomic mass is 10.2. The molecule has 9 nitrogen and oxygen atoms in total. The van der Waals surface area contributed by atoms with Crippen molar-refractivity contribution >= 4 is 11.7 Å². The van der Waals surface area contributed by atoms with Crippen LogP contribution in [0.2, 0.25) is 0 Å². The summed E-state index contributed by atoms with van der Waals surface area (Å²) >= 11 is 0. The lowest BCUT2D eigenvalue weighted by Crippen LogP contribution is -2.15. The second kappa shape index (κ2) is 10.1. The molecule has 1 amide bonds. The number of aryl methyl sites for hydroxylation is 1. The van der Waals surface area contributed by atoms with Crippen LogP contribution in [0.1, 0.15) is 18.4 Å². The third-order valence-corrected chi connectivity index (χ3v) is 4.42. The number of rotatable bonds is 9. The van der Waals surface area contributed by atoms with E-state index in [0.717, 1.165) is 11.1 Å². The van der Waals surface area contributed by atoms with Crippen LogP contribution in [-0.2, 0) is 17.9 Å². The molecule has 156 valence electrons. The molecule has 3 aromatic heterocycles. The fourth-order valence-electron chi connectivity index (χ4n) is 2.86. The average Bonchev–Trinajstić information content (AvgIpc) is 3.29. The highest BCUT2D eigenvalue weighted by Crippen LogP contribution is 2.22. The van der Waals surface area contributed by atoms with Crippen LogP contribution in [0.15, 0.2) is 73.2 Å². The Balaban J connectivity index is 1.27. The Morgan fingerprint density at radius 3 is 2.68 bits per heavy atom. The number of nitrogens with zero attached hydrogens (tertiary/aromatic N) is 6. The molecule has 0 unspecified atom stereocenters. The minimum Gasteiger partial charge on any atom is -0.485 e. The lowest BCUT2D eigenvalue weighted by Gasteiger charge is -2.11. The number of hydrogen-bond donors (Lipinski definition) is 1. The molecular weight excluding hydrogens is 394 g/mol. The minimum atomic E-state index is -0.157. The smallest absolute Gasteiger partial charge is 0.225 e. The van der Waals surface area contributed by atoms with Gasteiger partial charge in [-0.2, -0.15) is 4.80 Å². The summed E-state index contributed by atoms with van der Waals surface area (Å²) in [5.74, 6) is 1.32. The summed E-state index contributed by atoms with van der Waals surface area (Å²) in [4.78, 5) is 22.1. The number of ether oxygens (including phenoxy) is 1. The van der Waals surface area contributed by atoms with Gasteiger partial charge in [0.05, 0.1) is 6.54 Å². The minimum absolute atomic E-state index is 0.157. The third kappa shape index (κ3) is 5.69. The molecule has 0 spiro atoms. The van der Waals surface area contributed by atoms with Crippen molar-refractivity contribution in [2.75, 3.05) is 5.32 Å². The first kappa shape index (κ1) is 20.1. The molecule has 4 rings (SSSR count). The molecule has 0 aliphatic rings. The van der Waals surface area contributed by atoms with Crippen LogP contribution in [0, 0.1) is 0 Å². The molecule has 0 radical (unpaired) electrons. The first-order valence-electron chi connectivity index (χ1n) is 9.88. The average molecular weight is 415 g/mol. The molecule has 0 aliphatic heterocycles. The van der Waals surface area contributed by atoms with Gasteiger partial charge >= 0.3 is 0 Å². The molecule has 0 saturated carbocycles. The number of carbonyl (C=O) groups excluding carboxylic acids is 1. The molecule has 3 heterocycles.